The van der Waals surface area contributed by atoms with Crippen molar-refractivity contribution in [2.24, 2.45) is 0 Å². The van der Waals surface area contributed by atoms with Gasteiger partial charge in [0.2, 0.25) is 18.5 Å². The number of aryl methyl sites for hydroxylation is 1. The summed E-state index contributed by atoms with van der Waals surface area (Å²) in [6.07, 6.45) is 0. The molecule has 6 heteroatoms. The lowest BCUT2D eigenvalue weighted by atomic mass is 10.1. The second kappa shape index (κ2) is 6.57. The second-order valence-electron chi connectivity index (χ2n) is 6.20. The molecule has 6 nitrogen and oxygen atoms in total. The van der Waals surface area contributed by atoms with E-state index in [9.17, 15) is 0 Å². The van der Waals surface area contributed by atoms with E-state index < -0.39 is 0 Å². The molecule has 2 heterocycles. The van der Waals surface area contributed by atoms with Crippen LogP contribution in [0.3, 0.4) is 0 Å². The summed E-state index contributed by atoms with van der Waals surface area (Å²) in [5, 5.41) is 4.09. The van der Waals surface area contributed by atoms with Gasteiger partial charge in [0.15, 0.2) is 11.5 Å². The zero-order valence-electron chi connectivity index (χ0n) is 14.2. The summed E-state index contributed by atoms with van der Waals surface area (Å²) in [6.45, 7) is 3.58. The van der Waals surface area contributed by atoms with E-state index in [4.69, 9.17) is 14.0 Å². The van der Waals surface area contributed by atoms with Crippen molar-refractivity contribution in [2.45, 2.75) is 20.0 Å². The van der Waals surface area contributed by atoms with E-state index in [1.165, 1.54) is 5.56 Å². The fourth-order valence-electron chi connectivity index (χ4n) is 2.91. The van der Waals surface area contributed by atoms with Crippen molar-refractivity contribution in [1.29, 1.82) is 0 Å². The Morgan fingerprint density at radius 2 is 1.96 bits per heavy atom. The highest BCUT2D eigenvalue weighted by Crippen LogP contribution is 2.35. The standard InChI is InChI=1S/C19H19N3O3/c1-13-5-3-6-14(9-13)19-20-17(25-21-19)11-22(2)10-15-7-4-8-16-18(15)24-12-23-16/h3-9H,10-12H2,1-2H3. The van der Waals surface area contributed by atoms with Crippen molar-refractivity contribution < 1.29 is 14.0 Å². The molecule has 0 fully saturated rings. The van der Waals surface area contributed by atoms with Crippen molar-refractivity contribution in [3.63, 3.8) is 0 Å². The van der Waals surface area contributed by atoms with Crippen molar-refractivity contribution in [2.75, 3.05) is 13.8 Å². The lowest BCUT2D eigenvalue weighted by Gasteiger charge is -2.15. The van der Waals surface area contributed by atoms with Gasteiger partial charge in [0, 0.05) is 17.7 Å². The molecule has 1 aliphatic rings. The Balaban J connectivity index is 1.45. The average Bonchev–Trinajstić information content (AvgIpc) is 3.24. The van der Waals surface area contributed by atoms with Gasteiger partial charge in [-0.3, -0.25) is 4.90 Å². The molecule has 0 atom stereocenters. The van der Waals surface area contributed by atoms with E-state index >= 15 is 0 Å². The molecule has 0 saturated carbocycles. The number of rotatable bonds is 5. The van der Waals surface area contributed by atoms with Crippen LogP contribution in [0.2, 0.25) is 0 Å². The van der Waals surface area contributed by atoms with Crippen LogP contribution in [0, 0.1) is 6.92 Å². The van der Waals surface area contributed by atoms with Gasteiger partial charge < -0.3 is 14.0 Å². The first-order valence-electron chi connectivity index (χ1n) is 8.15. The van der Waals surface area contributed by atoms with Crippen LogP contribution in [0.25, 0.3) is 11.4 Å². The number of hydrogen-bond acceptors (Lipinski definition) is 6. The molecule has 0 unspecified atom stereocenters. The van der Waals surface area contributed by atoms with Gasteiger partial charge in [0.25, 0.3) is 0 Å². The number of hydrogen-bond donors (Lipinski definition) is 0. The molecule has 1 aliphatic heterocycles. The highest BCUT2D eigenvalue weighted by molar-refractivity contribution is 5.55. The fraction of sp³-hybridized carbons (Fsp3) is 0.263. The first-order chi connectivity index (χ1) is 12.2. The van der Waals surface area contributed by atoms with Crippen LogP contribution in [0.15, 0.2) is 47.0 Å². The monoisotopic (exact) mass is 337 g/mol. The number of para-hydroxylation sites is 1. The molecule has 128 valence electrons. The van der Waals surface area contributed by atoms with Crippen LogP contribution < -0.4 is 9.47 Å². The van der Waals surface area contributed by atoms with E-state index in [0.29, 0.717) is 24.8 Å². The lowest BCUT2D eigenvalue weighted by Crippen LogP contribution is -2.17. The molecule has 2 aromatic carbocycles. The number of aromatic nitrogens is 2. The quantitative estimate of drug-likeness (QED) is 0.711. The number of benzene rings is 2. The molecule has 4 rings (SSSR count). The summed E-state index contributed by atoms with van der Waals surface area (Å²) in [7, 11) is 2.01. The third-order valence-electron chi connectivity index (χ3n) is 4.07. The molecule has 0 aliphatic carbocycles. The minimum absolute atomic E-state index is 0.277. The van der Waals surface area contributed by atoms with Crippen LogP contribution in [0.4, 0.5) is 0 Å². The van der Waals surface area contributed by atoms with Crippen molar-refractivity contribution in [1.82, 2.24) is 15.0 Å². The topological polar surface area (TPSA) is 60.6 Å². The Hall–Kier alpha value is -2.86. The summed E-state index contributed by atoms with van der Waals surface area (Å²) in [4.78, 5) is 6.60. The Morgan fingerprint density at radius 1 is 1.08 bits per heavy atom. The second-order valence-corrected chi connectivity index (χ2v) is 6.20. The van der Waals surface area contributed by atoms with Gasteiger partial charge >= 0.3 is 0 Å². The smallest absolute Gasteiger partial charge is 0.241 e. The first-order valence-corrected chi connectivity index (χ1v) is 8.15. The summed E-state index contributed by atoms with van der Waals surface area (Å²) in [5.41, 5.74) is 3.21. The zero-order valence-corrected chi connectivity index (χ0v) is 14.2. The van der Waals surface area contributed by atoms with Gasteiger partial charge in [0.1, 0.15) is 0 Å². The van der Waals surface area contributed by atoms with Crippen molar-refractivity contribution in [3.8, 4) is 22.9 Å². The van der Waals surface area contributed by atoms with Gasteiger partial charge in [0.05, 0.1) is 6.54 Å². The van der Waals surface area contributed by atoms with Crippen LogP contribution in [0.1, 0.15) is 17.0 Å². The lowest BCUT2D eigenvalue weighted by molar-refractivity contribution is 0.172. The molecular formula is C19H19N3O3. The van der Waals surface area contributed by atoms with Crippen LogP contribution in [-0.4, -0.2) is 28.9 Å². The minimum atomic E-state index is 0.277. The molecule has 0 bridgehead atoms. The summed E-state index contributed by atoms with van der Waals surface area (Å²) >= 11 is 0. The third-order valence-corrected chi connectivity index (χ3v) is 4.07. The minimum Gasteiger partial charge on any atom is -0.454 e. The Bertz CT molecular complexity index is 891. The maximum absolute atomic E-state index is 5.55. The summed E-state index contributed by atoms with van der Waals surface area (Å²) < 4.78 is 16.4. The van der Waals surface area contributed by atoms with E-state index in [1.807, 2.05) is 56.4 Å². The highest BCUT2D eigenvalue weighted by atomic mass is 16.7. The molecule has 0 saturated heterocycles. The first kappa shape index (κ1) is 15.7. The molecule has 25 heavy (non-hydrogen) atoms. The van der Waals surface area contributed by atoms with Crippen LogP contribution in [0.5, 0.6) is 11.5 Å². The highest BCUT2D eigenvalue weighted by Gasteiger charge is 2.19. The van der Waals surface area contributed by atoms with Gasteiger partial charge in [-0.2, -0.15) is 4.98 Å². The predicted octanol–water partition coefficient (Wildman–Crippen LogP) is 3.41. The van der Waals surface area contributed by atoms with Crippen molar-refractivity contribution >= 4 is 0 Å². The van der Waals surface area contributed by atoms with Crippen LogP contribution in [-0.2, 0) is 13.1 Å². The molecule has 1 aromatic heterocycles. The molecule has 0 radical (unpaired) electrons. The molecule has 3 aromatic rings. The Kier molecular flexibility index (Phi) is 4.11. The van der Waals surface area contributed by atoms with Gasteiger partial charge in [-0.1, -0.05) is 41.1 Å². The maximum atomic E-state index is 5.55. The summed E-state index contributed by atoms with van der Waals surface area (Å²) in [6, 6.07) is 14.0. The van der Waals surface area contributed by atoms with Gasteiger partial charge in [-0.05, 0) is 26.1 Å². The molecule has 0 spiro atoms. The molecule has 0 amide bonds. The Morgan fingerprint density at radius 3 is 2.84 bits per heavy atom. The van der Waals surface area contributed by atoms with Crippen molar-refractivity contribution in [3.05, 3.63) is 59.5 Å². The zero-order chi connectivity index (χ0) is 17.2. The van der Waals surface area contributed by atoms with E-state index in [1.54, 1.807) is 0 Å². The van der Waals surface area contributed by atoms with E-state index in [-0.39, 0.29) is 6.79 Å². The summed E-state index contributed by atoms with van der Waals surface area (Å²) in [5.74, 6) is 2.82. The average molecular weight is 337 g/mol. The normalized spacial score (nSPS) is 12.8. The number of fused-ring (bicyclic) bond motifs is 1. The fourth-order valence-corrected chi connectivity index (χ4v) is 2.91. The largest absolute Gasteiger partial charge is 0.454 e. The van der Waals surface area contributed by atoms with Crippen LogP contribution >= 0.6 is 0 Å². The Labute approximate surface area is 146 Å². The SMILES string of the molecule is Cc1cccc(-c2noc(CN(C)Cc3cccc4c3OCO4)n2)c1. The maximum Gasteiger partial charge on any atom is 0.241 e. The number of nitrogens with zero attached hydrogens (tertiary/aromatic N) is 3. The molecular weight excluding hydrogens is 318 g/mol. The van der Waals surface area contributed by atoms with E-state index in [2.05, 4.69) is 15.0 Å². The predicted molar refractivity (Wildman–Crippen MR) is 92.2 cm³/mol. The number of ether oxygens (including phenoxy) is 2. The van der Waals surface area contributed by atoms with Gasteiger partial charge in [-0.15, -0.1) is 0 Å². The van der Waals surface area contributed by atoms with E-state index in [0.717, 1.165) is 22.6 Å². The molecule has 0 N–H and O–H groups in total. The third kappa shape index (κ3) is 3.34. The van der Waals surface area contributed by atoms with Gasteiger partial charge in [-0.25, -0.2) is 0 Å².